The van der Waals surface area contributed by atoms with Gasteiger partial charge in [-0.15, -0.1) is 16.4 Å². The van der Waals surface area contributed by atoms with Crippen molar-refractivity contribution in [3.05, 3.63) is 70.3 Å². The van der Waals surface area contributed by atoms with Gasteiger partial charge < -0.3 is 5.32 Å². The Morgan fingerprint density at radius 2 is 2.04 bits per heavy atom. The number of thiazole rings is 1. The first-order valence-corrected chi connectivity index (χ1v) is 9.68. The zero-order valence-electron chi connectivity index (χ0n) is 13.9. The number of rotatable bonds is 5. The van der Waals surface area contributed by atoms with Crippen molar-refractivity contribution < 1.29 is 4.79 Å². The van der Waals surface area contributed by atoms with Gasteiger partial charge in [0, 0.05) is 15.4 Å². The number of tetrazole rings is 1. The van der Waals surface area contributed by atoms with Crippen molar-refractivity contribution in [3.8, 4) is 16.9 Å². The van der Waals surface area contributed by atoms with Crippen molar-refractivity contribution in [3.63, 3.8) is 0 Å². The molecule has 0 bridgehead atoms. The molecule has 0 fully saturated rings. The minimum absolute atomic E-state index is 0.111. The van der Waals surface area contributed by atoms with Crippen molar-refractivity contribution in [2.45, 2.75) is 6.42 Å². The monoisotopic (exact) mass is 440 g/mol. The molecule has 2 aromatic heterocycles. The molecule has 0 aliphatic rings. The van der Waals surface area contributed by atoms with Gasteiger partial charge in [0.1, 0.15) is 6.33 Å². The Balaban J connectivity index is 1.40. The second-order valence-corrected chi connectivity index (χ2v) is 7.47. The molecule has 27 heavy (non-hydrogen) atoms. The molecule has 7 nitrogen and oxygen atoms in total. The zero-order valence-corrected chi connectivity index (χ0v) is 16.3. The molecule has 9 heteroatoms. The molecular formula is C18H13BrN6OS. The molecule has 1 amide bonds. The van der Waals surface area contributed by atoms with Crippen LogP contribution in [0.15, 0.2) is 64.7 Å². The van der Waals surface area contributed by atoms with Crippen molar-refractivity contribution in [1.82, 2.24) is 25.2 Å². The topological polar surface area (TPSA) is 85.6 Å². The van der Waals surface area contributed by atoms with E-state index in [9.17, 15) is 4.79 Å². The Morgan fingerprint density at radius 1 is 1.19 bits per heavy atom. The lowest BCUT2D eigenvalue weighted by Gasteiger charge is -2.04. The van der Waals surface area contributed by atoms with Crippen LogP contribution in [-0.4, -0.2) is 31.1 Å². The largest absolute Gasteiger partial charge is 0.302 e. The molecule has 0 saturated carbocycles. The molecule has 0 aliphatic carbocycles. The SMILES string of the molecule is O=C(Cc1ccc(-n2cnnn2)cc1)Nc1nc(-c2cccc(Br)c2)cs1. The van der Waals surface area contributed by atoms with Gasteiger partial charge >= 0.3 is 0 Å². The highest BCUT2D eigenvalue weighted by molar-refractivity contribution is 9.10. The molecule has 1 N–H and O–H groups in total. The van der Waals surface area contributed by atoms with E-state index in [0.29, 0.717) is 5.13 Å². The molecule has 134 valence electrons. The summed E-state index contributed by atoms with van der Waals surface area (Å²) < 4.78 is 2.55. The summed E-state index contributed by atoms with van der Waals surface area (Å²) in [5.41, 5.74) is 3.57. The van der Waals surface area contributed by atoms with Crippen LogP contribution in [0.1, 0.15) is 5.56 Å². The van der Waals surface area contributed by atoms with Gasteiger partial charge in [-0.1, -0.05) is 40.2 Å². The fraction of sp³-hybridized carbons (Fsp3) is 0.0556. The number of amides is 1. The van der Waals surface area contributed by atoms with Gasteiger partial charge in [-0.2, -0.15) is 0 Å². The number of hydrogen-bond donors (Lipinski definition) is 1. The molecule has 4 rings (SSSR count). The van der Waals surface area contributed by atoms with E-state index >= 15 is 0 Å². The van der Waals surface area contributed by atoms with Gasteiger partial charge in [0.25, 0.3) is 0 Å². The molecule has 0 atom stereocenters. The molecule has 4 aromatic rings. The summed E-state index contributed by atoms with van der Waals surface area (Å²) in [4.78, 5) is 16.8. The normalized spacial score (nSPS) is 10.7. The number of halogens is 1. The summed E-state index contributed by atoms with van der Waals surface area (Å²) >= 11 is 4.86. The van der Waals surface area contributed by atoms with Crippen LogP contribution in [0.3, 0.4) is 0 Å². The van der Waals surface area contributed by atoms with Crippen LogP contribution in [0.5, 0.6) is 0 Å². The number of benzene rings is 2. The van der Waals surface area contributed by atoms with E-state index < -0.39 is 0 Å². The van der Waals surface area contributed by atoms with Crippen molar-refractivity contribution in [2.75, 3.05) is 5.32 Å². The Kier molecular flexibility index (Phi) is 5.03. The van der Waals surface area contributed by atoms with E-state index in [0.717, 1.165) is 27.0 Å². The third kappa shape index (κ3) is 4.26. The Morgan fingerprint density at radius 3 is 2.78 bits per heavy atom. The van der Waals surface area contributed by atoms with Crippen LogP contribution in [-0.2, 0) is 11.2 Å². The lowest BCUT2D eigenvalue weighted by molar-refractivity contribution is -0.115. The summed E-state index contributed by atoms with van der Waals surface area (Å²) in [5.74, 6) is -0.111. The number of carbonyl (C=O) groups is 1. The summed E-state index contributed by atoms with van der Waals surface area (Å²) in [5, 5.41) is 16.4. The predicted molar refractivity (Wildman–Crippen MR) is 107 cm³/mol. The summed E-state index contributed by atoms with van der Waals surface area (Å²) in [6.45, 7) is 0. The summed E-state index contributed by atoms with van der Waals surface area (Å²) in [7, 11) is 0. The van der Waals surface area contributed by atoms with Crippen LogP contribution >= 0.6 is 27.3 Å². The second-order valence-electron chi connectivity index (χ2n) is 5.69. The highest BCUT2D eigenvalue weighted by Gasteiger charge is 2.09. The molecule has 2 aromatic carbocycles. The molecule has 0 unspecified atom stereocenters. The van der Waals surface area contributed by atoms with E-state index in [2.05, 4.69) is 41.8 Å². The summed E-state index contributed by atoms with van der Waals surface area (Å²) in [6, 6.07) is 15.4. The number of anilines is 1. The van der Waals surface area contributed by atoms with Gasteiger partial charge in [0.15, 0.2) is 5.13 Å². The second kappa shape index (κ2) is 7.77. The zero-order chi connectivity index (χ0) is 18.6. The first-order valence-electron chi connectivity index (χ1n) is 8.01. The maximum Gasteiger partial charge on any atom is 0.230 e. The highest BCUT2D eigenvalue weighted by Crippen LogP contribution is 2.27. The first kappa shape index (κ1) is 17.5. The van der Waals surface area contributed by atoms with Gasteiger partial charge in [-0.3, -0.25) is 4.79 Å². The Bertz CT molecular complexity index is 1060. The Hall–Kier alpha value is -2.91. The average Bonchev–Trinajstić information content (AvgIpc) is 3.34. The molecular weight excluding hydrogens is 428 g/mol. The van der Waals surface area contributed by atoms with Crippen LogP contribution in [0, 0.1) is 0 Å². The molecule has 0 aliphatic heterocycles. The first-order chi connectivity index (χ1) is 13.2. The number of nitrogens with zero attached hydrogens (tertiary/aromatic N) is 5. The fourth-order valence-corrected chi connectivity index (χ4v) is 3.64. The number of aromatic nitrogens is 5. The van der Waals surface area contributed by atoms with E-state index in [1.54, 1.807) is 4.68 Å². The molecule has 0 saturated heterocycles. The predicted octanol–water partition coefficient (Wildman–Crippen LogP) is 3.73. The van der Waals surface area contributed by atoms with Crippen molar-refractivity contribution in [2.24, 2.45) is 0 Å². The number of hydrogen-bond acceptors (Lipinski definition) is 6. The Labute approximate surface area is 167 Å². The van der Waals surface area contributed by atoms with E-state index in [1.807, 2.05) is 53.9 Å². The van der Waals surface area contributed by atoms with Crippen LogP contribution in [0.2, 0.25) is 0 Å². The van der Waals surface area contributed by atoms with Gasteiger partial charge in [0.05, 0.1) is 17.8 Å². The maximum atomic E-state index is 12.3. The number of nitrogens with one attached hydrogen (secondary N) is 1. The van der Waals surface area contributed by atoms with Crippen LogP contribution < -0.4 is 5.32 Å². The van der Waals surface area contributed by atoms with E-state index in [-0.39, 0.29) is 12.3 Å². The maximum absolute atomic E-state index is 12.3. The van der Waals surface area contributed by atoms with E-state index in [4.69, 9.17) is 0 Å². The van der Waals surface area contributed by atoms with E-state index in [1.165, 1.54) is 17.7 Å². The van der Waals surface area contributed by atoms with Gasteiger partial charge in [-0.05, 0) is 40.3 Å². The van der Waals surface area contributed by atoms with Crippen LogP contribution in [0.25, 0.3) is 16.9 Å². The standard InChI is InChI=1S/C18H13BrN6OS/c19-14-3-1-2-13(9-14)16-10-27-18(21-16)22-17(26)8-12-4-6-15(7-5-12)25-11-20-23-24-25/h1-7,9-11H,8H2,(H,21,22,26). The molecule has 2 heterocycles. The lowest BCUT2D eigenvalue weighted by Crippen LogP contribution is -2.14. The van der Waals surface area contributed by atoms with Crippen LogP contribution in [0.4, 0.5) is 5.13 Å². The average molecular weight is 441 g/mol. The van der Waals surface area contributed by atoms with Crippen molar-refractivity contribution >= 4 is 38.3 Å². The molecule has 0 spiro atoms. The third-order valence-corrected chi connectivity index (χ3v) is 5.04. The minimum Gasteiger partial charge on any atom is -0.302 e. The van der Waals surface area contributed by atoms with Gasteiger partial charge in [-0.25, -0.2) is 9.67 Å². The summed E-state index contributed by atoms with van der Waals surface area (Å²) in [6.07, 6.45) is 1.79. The quantitative estimate of drug-likeness (QED) is 0.510. The smallest absolute Gasteiger partial charge is 0.230 e. The molecule has 0 radical (unpaired) electrons. The highest BCUT2D eigenvalue weighted by atomic mass is 79.9. The van der Waals surface area contributed by atoms with Gasteiger partial charge in [0.2, 0.25) is 5.91 Å². The van der Waals surface area contributed by atoms with Crippen molar-refractivity contribution in [1.29, 1.82) is 0 Å². The number of carbonyl (C=O) groups excluding carboxylic acids is 1. The lowest BCUT2D eigenvalue weighted by atomic mass is 10.1. The third-order valence-electron chi connectivity index (χ3n) is 3.79. The fourth-order valence-electron chi connectivity index (χ4n) is 2.51. The minimum atomic E-state index is -0.111.